The van der Waals surface area contributed by atoms with Crippen LogP contribution in [0.4, 0.5) is 0 Å². The molecule has 0 unspecified atom stereocenters. The first-order valence-electron chi connectivity index (χ1n) is 37.1. The number of carbonyl (C=O) groups excluding carboxylic acids is 10. The van der Waals surface area contributed by atoms with Gasteiger partial charge in [0.05, 0.1) is 68.4 Å². The van der Waals surface area contributed by atoms with E-state index in [0.717, 1.165) is 14.9 Å². The Hall–Kier alpha value is -8.33. The Morgan fingerprint density at radius 2 is 0.982 bits per heavy atom. The van der Waals surface area contributed by atoms with Gasteiger partial charge in [0.2, 0.25) is 99.2 Å². The van der Waals surface area contributed by atoms with E-state index in [1.54, 1.807) is 90.2 Å². The molecular formula is C71H118N16O22S4. The minimum absolute atomic E-state index is 0.0175. The van der Waals surface area contributed by atoms with Crippen LogP contribution in [0, 0.1) is 23.7 Å². The first-order chi connectivity index (χ1) is 52.4. The maximum absolute atomic E-state index is 14.8. The number of hydrogen-bond acceptors (Lipinski definition) is 22. The molecule has 0 radical (unpaired) electrons. The first-order valence-corrected chi connectivity index (χ1v) is 43.8. The smallest absolute Gasteiger partial charge is 0.303 e. The van der Waals surface area contributed by atoms with Gasteiger partial charge in [-0.25, -0.2) is 33.7 Å². The molecule has 1 heterocycles. The molecule has 638 valence electrons. The average Bonchev–Trinajstić information content (AvgIpc) is 1.75. The number of primary amides is 1. The SMILES string of the molecule is CC(=O)N[C@@H](CC(C)C)C(=O)N[C@H](CN(CC(=O)N[C@@H](CO)C(=O)N[C@@H](CCC(=O)O)CN(CC(=O)N[C@@H](Cc1c[nH]c2ccccc12)C(=O)N[C@@H](C)CN(CC(=O)N[C@@H](CC(C)C)C(=O)N[C@@H](CC(C)C)CN(CC(=O)N[C@@H](C)C(N)=O)S(C)(=O)=O)S(=O)(=O)CCN)S(=O)(=O)CC(C)C)S(=O)(=O)Cc1ccccc1)[C@@H](C)O. The van der Waals surface area contributed by atoms with Gasteiger partial charge in [-0.05, 0) is 87.3 Å². The third kappa shape index (κ3) is 35.9. The molecule has 42 heteroatoms. The standard InChI is InChI=1S/C71H118N16O22S4/c1-43(2)27-54(34-84(110(13,102)103)36-62(91)76-48(10)67(73)97)79-69(99)58(29-45(5)6)80-63(92)37-85(111(104,105)26-25-72)32-47(9)75-68(98)59(30-52-31-74-56-22-18-17-21-55(52)56)81-64(93)38-86(112(106,107)41-46(7)8)33-53(23-24-66(95)96)78-71(101)61(40-88)82-65(94)39-87(113(108,109)42-51-19-15-14-16-20-51)35-60(49(11)89)83-70(100)57(28-44(3)4)77-50(12)90/h14-22,31,43-49,53-54,57-61,74,88-89H,23-30,32-42,72H2,1-13H3,(H2,73,97)(H,75,98)(H,76,91)(H,77,90)(H,78,101)(H,79,99)(H,80,92)(H,81,93)(H,82,94)(H,83,100)(H,95,96)/t47-,48-,49+,53-,54-,57-,58-,59-,60+,61-/m0/s1. The number of carboxylic acid groups (broad SMARTS) is 1. The monoisotopic (exact) mass is 1670 g/mol. The molecule has 0 aliphatic heterocycles. The fraction of sp³-hybridized carbons (Fsp3) is 0.648. The summed E-state index contributed by atoms with van der Waals surface area (Å²) in [5.74, 6) is -14.1. The van der Waals surface area contributed by atoms with Crippen molar-refractivity contribution in [1.82, 2.24) is 70.1 Å². The zero-order valence-electron chi connectivity index (χ0n) is 66.5. The topological polar surface area (TPSA) is 574 Å². The highest BCUT2D eigenvalue weighted by Crippen LogP contribution is 2.22. The molecule has 38 nitrogen and oxygen atoms in total. The molecule has 1 aromatic heterocycles. The van der Waals surface area contributed by atoms with Gasteiger partial charge in [-0.3, -0.25) is 52.7 Å². The number of aromatic amines is 1. The third-order valence-electron chi connectivity index (χ3n) is 17.4. The molecule has 10 atom stereocenters. The number of carboxylic acids is 1. The van der Waals surface area contributed by atoms with E-state index >= 15 is 0 Å². The summed E-state index contributed by atoms with van der Waals surface area (Å²) in [5, 5.41) is 54.8. The molecule has 10 amide bonds. The summed E-state index contributed by atoms with van der Waals surface area (Å²) < 4.78 is 114. The second kappa shape index (κ2) is 46.3. The van der Waals surface area contributed by atoms with Crippen LogP contribution in [-0.2, 0) is 105 Å². The van der Waals surface area contributed by atoms with Crippen molar-refractivity contribution in [3.8, 4) is 0 Å². The van der Waals surface area contributed by atoms with E-state index in [2.05, 4.69) is 52.8 Å². The molecular weight excluding hydrogens is 1560 g/mol. The van der Waals surface area contributed by atoms with Gasteiger partial charge >= 0.3 is 5.97 Å². The molecule has 2 aromatic carbocycles. The number of amides is 10. The summed E-state index contributed by atoms with van der Waals surface area (Å²) in [7, 11) is -17.8. The van der Waals surface area contributed by atoms with E-state index in [-0.39, 0.29) is 49.0 Å². The van der Waals surface area contributed by atoms with Crippen LogP contribution < -0.4 is 59.3 Å². The van der Waals surface area contributed by atoms with Crippen LogP contribution in [0.5, 0.6) is 0 Å². The number of benzene rings is 2. The lowest BCUT2D eigenvalue weighted by molar-refractivity contribution is -0.137. The number of para-hydroxylation sites is 1. The van der Waals surface area contributed by atoms with Crippen LogP contribution in [0.1, 0.15) is 126 Å². The summed E-state index contributed by atoms with van der Waals surface area (Å²) in [6.45, 7) is 10.7. The number of sulfonamides is 4. The summed E-state index contributed by atoms with van der Waals surface area (Å²) >= 11 is 0. The maximum atomic E-state index is 14.8. The number of nitrogens with zero attached hydrogens (tertiary/aromatic N) is 4. The maximum Gasteiger partial charge on any atom is 0.303 e. The van der Waals surface area contributed by atoms with Crippen molar-refractivity contribution in [3.05, 3.63) is 71.9 Å². The van der Waals surface area contributed by atoms with E-state index in [0.29, 0.717) is 25.1 Å². The zero-order chi connectivity index (χ0) is 85.6. The van der Waals surface area contributed by atoms with Crippen LogP contribution in [0.2, 0.25) is 0 Å². The van der Waals surface area contributed by atoms with E-state index in [1.807, 2.05) is 0 Å². The van der Waals surface area contributed by atoms with E-state index in [1.165, 1.54) is 53.7 Å². The molecule has 17 N–H and O–H groups in total. The highest BCUT2D eigenvalue weighted by Gasteiger charge is 2.38. The number of nitrogens with two attached hydrogens (primary N) is 2. The van der Waals surface area contributed by atoms with Crippen LogP contribution in [0.15, 0.2) is 60.8 Å². The summed E-state index contributed by atoms with van der Waals surface area (Å²) in [4.78, 5) is 152. The van der Waals surface area contributed by atoms with Gasteiger partial charge in [0.25, 0.3) is 0 Å². The quantitative estimate of drug-likeness (QED) is 0.0267. The lowest BCUT2D eigenvalue weighted by Gasteiger charge is -2.31. The minimum Gasteiger partial charge on any atom is -0.481 e. The molecule has 0 aliphatic rings. The normalized spacial score (nSPS) is 15.0. The number of carbonyl (C=O) groups is 11. The van der Waals surface area contributed by atoms with Gasteiger partial charge in [0.1, 0.15) is 30.2 Å². The molecule has 0 spiro atoms. The molecule has 3 rings (SSSR count). The van der Waals surface area contributed by atoms with Crippen molar-refractivity contribution < 1.29 is 102 Å². The Kier molecular flexibility index (Phi) is 40.5. The van der Waals surface area contributed by atoms with E-state index in [4.69, 9.17) is 11.5 Å². The summed E-state index contributed by atoms with van der Waals surface area (Å²) in [5.41, 5.74) is 12.3. The van der Waals surface area contributed by atoms with Gasteiger partial charge in [0.15, 0.2) is 0 Å². The van der Waals surface area contributed by atoms with Crippen LogP contribution in [0.25, 0.3) is 10.9 Å². The number of nitrogens with one attached hydrogen (secondary N) is 10. The highest BCUT2D eigenvalue weighted by molar-refractivity contribution is 7.89. The number of aliphatic hydroxyl groups is 2. The van der Waals surface area contributed by atoms with Crippen molar-refractivity contribution in [1.29, 1.82) is 0 Å². The largest absolute Gasteiger partial charge is 0.481 e. The zero-order valence-corrected chi connectivity index (χ0v) is 69.7. The number of H-pyrrole nitrogens is 1. The minimum atomic E-state index is -4.61. The third-order valence-corrected chi connectivity index (χ3v) is 24.3. The summed E-state index contributed by atoms with van der Waals surface area (Å²) in [6.07, 6.45) is -0.367. The second-order valence-electron chi connectivity index (χ2n) is 30.0. The number of hydrogen-bond donors (Lipinski definition) is 15. The predicted octanol–water partition coefficient (Wildman–Crippen LogP) is -3.03. The van der Waals surface area contributed by atoms with E-state index < -0.39 is 267 Å². The fourth-order valence-corrected chi connectivity index (χ4v) is 17.4. The number of aliphatic carboxylic acids is 1. The Labute approximate surface area is 662 Å². The number of rotatable bonds is 53. The van der Waals surface area contributed by atoms with Gasteiger partial charge in [0, 0.05) is 87.7 Å². The second-order valence-corrected chi connectivity index (χ2v) is 38.1. The summed E-state index contributed by atoms with van der Waals surface area (Å²) in [6, 6.07) is 2.26. The lowest BCUT2D eigenvalue weighted by atomic mass is 10.0. The fourth-order valence-electron chi connectivity index (χ4n) is 12.0. The van der Waals surface area contributed by atoms with Gasteiger partial charge in [-0.15, -0.1) is 0 Å². The predicted molar refractivity (Wildman–Crippen MR) is 421 cm³/mol. The number of aromatic nitrogens is 1. The van der Waals surface area contributed by atoms with Crippen LogP contribution >= 0.6 is 0 Å². The molecule has 0 saturated carbocycles. The van der Waals surface area contributed by atoms with Gasteiger partial charge < -0.3 is 79.6 Å². The molecule has 0 saturated heterocycles. The van der Waals surface area contributed by atoms with Crippen molar-refractivity contribution in [2.24, 2.45) is 35.1 Å². The molecule has 3 aromatic rings. The van der Waals surface area contributed by atoms with Crippen molar-refractivity contribution in [2.75, 3.05) is 83.3 Å². The number of fused-ring (bicyclic) bond motifs is 1. The lowest BCUT2D eigenvalue weighted by Crippen LogP contribution is -2.58. The van der Waals surface area contributed by atoms with Gasteiger partial charge in [-0.1, -0.05) is 104 Å². The van der Waals surface area contributed by atoms with Crippen molar-refractivity contribution >= 4 is 116 Å². The van der Waals surface area contributed by atoms with Crippen molar-refractivity contribution in [2.45, 2.75) is 188 Å². The Morgan fingerprint density at radius 3 is 1.50 bits per heavy atom. The van der Waals surface area contributed by atoms with Crippen LogP contribution in [0.3, 0.4) is 0 Å². The van der Waals surface area contributed by atoms with E-state index in [9.17, 15) is 102 Å². The molecule has 0 aliphatic carbocycles. The van der Waals surface area contributed by atoms with Crippen molar-refractivity contribution in [3.63, 3.8) is 0 Å². The Balaban J connectivity index is 2.02. The molecule has 113 heavy (non-hydrogen) atoms. The number of aliphatic hydroxyl groups excluding tert-OH is 2. The molecule has 0 bridgehead atoms. The molecule has 0 fully saturated rings. The highest BCUT2D eigenvalue weighted by atomic mass is 32.2. The average molecular weight is 1680 g/mol. The van der Waals surface area contributed by atoms with Crippen LogP contribution in [-0.4, -0.2) is 280 Å². The first kappa shape index (κ1) is 98.9. The Morgan fingerprint density at radius 1 is 0.513 bits per heavy atom. The van der Waals surface area contributed by atoms with Gasteiger partial charge in [-0.2, -0.15) is 17.2 Å². The Bertz CT molecular complexity index is 4170.